The summed E-state index contributed by atoms with van der Waals surface area (Å²) in [6.07, 6.45) is 3.55. The lowest BCUT2D eigenvalue weighted by molar-refractivity contribution is 0.326. The number of methoxy groups -OCH3 is 2. The number of aromatic hydroxyl groups is 1. The van der Waals surface area contributed by atoms with Crippen LogP contribution in [0.3, 0.4) is 0 Å². The highest BCUT2D eigenvalue weighted by Crippen LogP contribution is 2.47. The summed E-state index contributed by atoms with van der Waals surface area (Å²) in [5, 5.41) is 19.1. The van der Waals surface area contributed by atoms with E-state index in [4.69, 9.17) is 14.7 Å². The van der Waals surface area contributed by atoms with Gasteiger partial charge in [0.15, 0.2) is 11.5 Å². The standard InChI is InChI=1S/C15H19NO3/c1-18-13-8-7-12(17)14(15(13)19-2)11-5-3-10(9-16)4-6-11/h7-8,10-11,17H,3-6H2,1-2H3. The van der Waals surface area contributed by atoms with Gasteiger partial charge < -0.3 is 14.6 Å². The molecule has 0 spiro atoms. The molecule has 1 aromatic rings. The molecular formula is C15H19NO3. The normalized spacial score (nSPS) is 22.6. The van der Waals surface area contributed by atoms with Gasteiger partial charge in [0.05, 0.1) is 20.3 Å². The SMILES string of the molecule is COc1ccc(O)c(C2CCC(C#N)CC2)c1OC. The highest BCUT2D eigenvalue weighted by molar-refractivity contribution is 5.55. The molecule has 0 saturated heterocycles. The first kappa shape index (κ1) is 13.5. The van der Waals surface area contributed by atoms with Crippen LogP contribution in [0.5, 0.6) is 17.2 Å². The van der Waals surface area contributed by atoms with E-state index < -0.39 is 0 Å². The molecule has 0 atom stereocenters. The molecule has 0 radical (unpaired) electrons. The van der Waals surface area contributed by atoms with Gasteiger partial charge in [-0.05, 0) is 43.7 Å². The number of phenolic OH excluding ortho intramolecular Hbond substituents is 1. The van der Waals surface area contributed by atoms with Gasteiger partial charge >= 0.3 is 0 Å². The van der Waals surface area contributed by atoms with Crippen LogP contribution < -0.4 is 9.47 Å². The summed E-state index contributed by atoms with van der Waals surface area (Å²) in [5.74, 6) is 1.88. The fourth-order valence-electron chi connectivity index (χ4n) is 2.85. The van der Waals surface area contributed by atoms with Crippen molar-refractivity contribution < 1.29 is 14.6 Å². The first-order valence-electron chi connectivity index (χ1n) is 6.54. The number of hydrogen-bond donors (Lipinski definition) is 1. The third kappa shape index (κ3) is 2.60. The zero-order valence-corrected chi connectivity index (χ0v) is 11.3. The minimum absolute atomic E-state index is 0.148. The topological polar surface area (TPSA) is 62.5 Å². The maximum atomic E-state index is 10.1. The van der Waals surface area contributed by atoms with Gasteiger partial charge in [0.1, 0.15) is 5.75 Å². The number of nitriles is 1. The maximum Gasteiger partial charge on any atom is 0.167 e. The second kappa shape index (κ2) is 5.83. The van der Waals surface area contributed by atoms with Crippen LogP contribution in [-0.2, 0) is 0 Å². The molecule has 4 nitrogen and oxygen atoms in total. The highest BCUT2D eigenvalue weighted by atomic mass is 16.5. The van der Waals surface area contributed by atoms with Gasteiger partial charge in [-0.2, -0.15) is 5.26 Å². The predicted octanol–water partition coefficient (Wildman–Crippen LogP) is 3.21. The summed E-state index contributed by atoms with van der Waals surface area (Å²) in [5.41, 5.74) is 0.818. The van der Waals surface area contributed by atoms with Crippen molar-refractivity contribution in [3.05, 3.63) is 17.7 Å². The van der Waals surface area contributed by atoms with Crippen molar-refractivity contribution in [3.8, 4) is 23.3 Å². The molecule has 19 heavy (non-hydrogen) atoms. The molecule has 2 rings (SSSR count). The quantitative estimate of drug-likeness (QED) is 0.907. The van der Waals surface area contributed by atoms with Crippen LogP contribution in [-0.4, -0.2) is 19.3 Å². The summed E-state index contributed by atoms with van der Waals surface area (Å²) < 4.78 is 10.7. The van der Waals surface area contributed by atoms with E-state index in [9.17, 15) is 5.11 Å². The first-order chi connectivity index (χ1) is 9.21. The van der Waals surface area contributed by atoms with Gasteiger partial charge in [0.2, 0.25) is 0 Å². The Morgan fingerprint density at radius 1 is 1.16 bits per heavy atom. The number of rotatable bonds is 3. The third-order valence-corrected chi connectivity index (χ3v) is 3.88. The van der Waals surface area contributed by atoms with Gasteiger partial charge in [-0.1, -0.05) is 0 Å². The molecule has 1 aromatic carbocycles. The van der Waals surface area contributed by atoms with Gasteiger partial charge in [0.25, 0.3) is 0 Å². The van der Waals surface area contributed by atoms with E-state index in [1.54, 1.807) is 26.4 Å². The van der Waals surface area contributed by atoms with E-state index in [1.807, 2.05) is 0 Å². The van der Waals surface area contributed by atoms with E-state index in [-0.39, 0.29) is 17.6 Å². The highest BCUT2D eigenvalue weighted by Gasteiger charge is 2.28. The fraction of sp³-hybridized carbons (Fsp3) is 0.533. The van der Waals surface area contributed by atoms with E-state index in [1.165, 1.54) is 0 Å². The molecular weight excluding hydrogens is 242 g/mol. The minimum atomic E-state index is 0.148. The lowest BCUT2D eigenvalue weighted by atomic mass is 9.78. The molecule has 0 bridgehead atoms. The Bertz CT molecular complexity index is 485. The van der Waals surface area contributed by atoms with Crippen molar-refractivity contribution >= 4 is 0 Å². The van der Waals surface area contributed by atoms with Crippen LogP contribution in [0.25, 0.3) is 0 Å². The number of ether oxygens (including phenoxy) is 2. The van der Waals surface area contributed by atoms with Crippen molar-refractivity contribution in [1.82, 2.24) is 0 Å². The number of hydrogen-bond acceptors (Lipinski definition) is 4. The summed E-state index contributed by atoms with van der Waals surface area (Å²) in [6.45, 7) is 0. The molecule has 4 heteroatoms. The monoisotopic (exact) mass is 261 g/mol. The van der Waals surface area contributed by atoms with Crippen LogP contribution in [0.4, 0.5) is 0 Å². The lowest BCUT2D eigenvalue weighted by Crippen LogP contribution is -2.13. The second-order valence-corrected chi connectivity index (χ2v) is 4.91. The molecule has 0 heterocycles. The fourth-order valence-corrected chi connectivity index (χ4v) is 2.85. The van der Waals surface area contributed by atoms with E-state index in [2.05, 4.69) is 6.07 Å². The number of benzene rings is 1. The molecule has 0 aromatic heterocycles. The molecule has 102 valence electrons. The molecule has 0 unspecified atom stereocenters. The Labute approximate surface area is 113 Å². The smallest absolute Gasteiger partial charge is 0.167 e. The Hall–Kier alpha value is -1.89. The third-order valence-electron chi connectivity index (χ3n) is 3.88. The predicted molar refractivity (Wildman–Crippen MR) is 71.5 cm³/mol. The summed E-state index contributed by atoms with van der Waals surface area (Å²) in [4.78, 5) is 0. The lowest BCUT2D eigenvalue weighted by Gasteiger charge is -2.27. The van der Waals surface area contributed by atoms with E-state index in [0.717, 1.165) is 31.2 Å². The molecule has 0 aliphatic heterocycles. The zero-order chi connectivity index (χ0) is 13.8. The summed E-state index contributed by atoms with van der Waals surface area (Å²) in [7, 11) is 3.17. The van der Waals surface area contributed by atoms with Gasteiger partial charge in [-0.15, -0.1) is 0 Å². The van der Waals surface area contributed by atoms with Crippen LogP contribution in [0.2, 0.25) is 0 Å². The van der Waals surface area contributed by atoms with Crippen LogP contribution >= 0.6 is 0 Å². The van der Waals surface area contributed by atoms with Crippen LogP contribution in [0.1, 0.15) is 37.2 Å². The van der Waals surface area contributed by atoms with Crippen LogP contribution in [0, 0.1) is 17.2 Å². The minimum Gasteiger partial charge on any atom is -0.508 e. The molecule has 1 saturated carbocycles. The number of nitrogens with zero attached hydrogens (tertiary/aromatic N) is 1. The van der Waals surface area contributed by atoms with Gasteiger partial charge in [0, 0.05) is 11.5 Å². The average Bonchev–Trinajstić information content (AvgIpc) is 2.47. The van der Waals surface area contributed by atoms with Crippen molar-refractivity contribution in [2.75, 3.05) is 14.2 Å². The second-order valence-electron chi connectivity index (χ2n) is 4.91. The molecule has 1 aliphatic carbocycles. The van der Waals surface area contributed by atoms with Crippen LogP contribution in [0.15, 0.2) is 12.1 Å². The van der Waals surface area contributed by atoms with Crippen molar-refractivity contribution in [3.63, 3.8) is 0 Å². The molecule has 1 fully saturated rings. The Morgan fingerprint density at radius 2 is 1.84 bits per heavy atom. The molecule has 1 aliphatic rings. The average molecular weight is 261 g/mol. The maximum absolute atomic E-state index is 10.1. The van der Waals surface area contributed by atoms with Crippen molar-refractivity contribution in [1.29, 1.82) is 5.26 Å². The summed E-state index contributed by atoms with van der Waals surface area (Å²) in [6, 6.07) is 5.68. The largest absolute Gasteiger partial charge is 0.508 e. The molecule has 0 amide bonds. The Balaban J connectivity index is 2.32. The summed E-state index contributed by atoms with van der Waals surface area (Å²) >= 11 is 0. The number of phenols is 1. The zero-order valence-electron chi connectivity index (χ0n) is 11.3. The van der Waals surface area contributed by atoms with E-state index >= 15 is 0 Å². The van der Waals surface area contributed by atoms with Crippen molar-refractivity contribution in [2.45, 2.75) is 31.6 Å². The Morgan fingerprint density at radius 3 is 2.37 bits per heavy atom. The first-order valence-corrected chi connectivity index (χ1v) is 6.54. The van der Waals surface area contributed by atoms with Gasteiger partial charge in [-0.25, -0.2) is 0 Å². The van der Waals surface area contributed by atoms with E-state index in [0.29, 0.717) is 11.5 Å². The van der Waals surface area contributed by atoms with Crippen molar-refractivity contribution in [2.24, 2.45) is 5.92 Å². The Kier molecular flexibility index (Phi) is 4.16. The van der Waals surface area contributed by atoms with Gasteiger partial charge in [-0.3, -0.25) is 0 Å². The molecule has 1 N–H and O–H groups in total.